The molecule has 318 valence electrons. The van der Waals surface area contributed by atoms with E-state index >= 15 is 0 Å². The lowest BCUT2D eigenvalue weighted by Gasteiger charge is -2.18. The van der Waals surface area contributed by atoms with Crippen molar-refractivity contribution >= 4 is 47.4 Å². The van der Waals surface area contributed by atoms with Crippen LogP contribution >= 0.6 is 23.5 Å². The highest BCUT2D eigenvalue weighted by atomic mass is 32.2. The first-order chi connectivity index (χ1) is 26.3. The molecule has 4 atom stereocenters. The van der Waals surface area contributed by atoms with Gasteiger partial charge in [-0.05, 0) is 49.1 Å². The van der Waals surface area contributed by atoms with Crippen molar-refractivity contribution in [1.82, 2.24) is 0 Å². The number of aliphatic hydroxyl groups excluding tert-OH is 2. The van der Waals surface area contributed by atoms with Gasteiger partial charge >= 0.3 is 23.9 Å². The molecule has 1 aromatic rings. The fourth-order valence-electron chi connectivity index (χ4n) is 6.23. The minimum absolute atomic E-state index is 0.160. The number of rotatable bonds is 35. The Kier molecular flexibility index (Phi) is 33.5. The predicted octanol–water partition coefficient (Wildman–Crippen LogP) is 10.3. The third-order valence-corrected chi connectivity index (χ3v) is 12.2. The Hall–Kier alpha value is -2.28. The van der Waals surface area contributed by atoms with Crippen LogP contribution in [0.15, 0.2) is 23.1 Å². The molecule has 10 nitrogen and oxygen atoms in total. The van der Waals surface area contributed by atoms with Gasteiger partial charge in [0.25, 0.3) is 0 Å². The van der Waals surface area contributed by atoms with E-state index in [2.05, 4.69) is 32.0 Å². The molecule has 55 heavy (non-hydrogen) atoms. The number of aliphatic carboxylic acids is 4. The van der Waals surface area contributed by atoms with E-state index in [0.29, 0.717) is 0 Å². The zero-order valence-electron chi connectivity index (χ0n) is 34.1. The van der Waals surface area contributed by atoms with Crippen LogP contribution in [0.25, 0.3) is 0 Å². The lowest BCUT2D eigenvalue weighted by atomic mass is 10.0. The summed E-state index contributed by atoms with van der Waals surface area (Å²) in [6, 6.07) is 6.31. The molecule has 0 heterocycles. The molecule has 0 aliphatic rings. The van der Waals surface area contributed by atoms with Crippen LogP contribution in [0.1, 0.15) is 166 Å². The lowest BCUT2D eigenvalue weighted by molar-refractivity contribution is -0.151. The van der Waals surface area contributed by atoms with Gasteiger partial charge in [-0.3, -0.25) is 19.2 Å². The van der Waals surface area contributed by atoms with Crippen molar-refractivity contribution in [3.8, 4) is 0 Å². The summed E-state index contributed by atoms with van der Waals surface area (Å²) in [6.45, 7) is 6.46. The lowest BCUT2D eigenvalue weighted by Crippen LogP contribution is -2.32. The van der Waals surface area contributed by atoms with Crippen LogP contribution in [-0.4, -0.2) is 84.0 Å². The van der Waals surface area contributed by atoms with Crippen molar-refractivity contribution in [2.75, 3.05) is 17.3 Å². The number of hydrogen-bond donors (Lipinski definition) is 6. The van der Waals surface area contributed by atoms with Crippen LogP contribution < -0.4 is 0 Å². The molecule has 12 heteroatoms. The van der Waals surface area contributed by atoms with E-state index in [4.69, 9.17) is 15.3 Å². The zero-order valence-corrected chi connectivity index (χ0v) is 35.7. The number of aliphatic hydroxyl groups is 2. The summed E-state index contributed by atoms with van der Waals surface area (Å²) in [5.74, 6) is -6.12. The number of unbranched alkanes of at least 4 members (excludes halogenated alkanes) is 18. The molecular formula is C43H74O10S2. The van der Waals surface area contributed by atoms with Gasteiger partial charge in [0, 0.05) is 16.4 Å². The number of carboxylic acid groups (broad SMARTS) is 4. The first-order valence-corrected chi connectivity index (χ1v) is 23.0. The topological polar surface area (TPSA) is 190 Å². The highest BCUT2D eigenvalue weighted by molar-refractivity contribution is 7.99. The quantitative estimate of drug-likeness (QED) is 0.0281. The fraction of sp³-hybridized carbons (Fsp3) is 0.767. The van der Waals surface area contributed by atoms with Crippen molar-refractivity contribution in [2.24, 2.45) is 11.8 Å². The number of carboxylic acids is 4. The van der Waals surface area contributed by atoms with Crippen LogP contribution in [0.4, 0.5) is 0 Å². The largest absolute Gasteiger partial charge is 0.481 e. The van der Waals surface area contributed by atoms with Gasteiger partial charge in [0.1, 0.15) is 0 Å². The van der Waals surface area contributed by atoms with Gasteiger partial charge in [-0.2, -0.15) is 11.8 Å². The molecule has 0 amide bonds. The minimum Gasteiger partial charge on any atom is -0.481 e. The van der Waals surface area contributed by atoms with Crippen molar-refractivity contribution in [3.05, 3.63) is 29.3 Å². The van der Waals surface area contributed by atoms with E-state index < -0.39 is 60.8 Å². The van der Waals surface area contributed by atoms with Crippen LogP contribution in [0.2, 0.25) is 0 Å². The summed E-state index contributed by atoms with van der Waals surface area (Å²) in [5.41, 5.74) is 2.33. The Bertz CT molecular complexity index is 1160. The highest BCUT2D eigenvalue weighted by Crippen LogP contribution is 2.27. The maximum atomic E-state index is 11.2. The molecule has 6 N–H and O–H groups in total. The van der Waals surface area contributed by atoms with Gasteiger partial charge < -0.3 is 30.6 Å². The molecule has 0 saturated carbocycles. The molecule has 0 aliphatic heterocycles. The number of aryl methyl sites for hydroxylation is 2. The molecule has 0 aliphatic carbocycles. The van der Waals surface area contributed by atoms with Crippen LogP contribution in [0, 0.1) is 18.8 Å². The van der Waals surface area contributed by atoms with Crippen molar-refractivity contribution < 1.29 is 49.8 Å². The predicted molar refractivity (Wildman–Crippen MR) is 225 cm³/mol. The van der Waals surface area contributed by atoms with Crippen molar-refractivity contribution in [1.29, 1.82) is 0 Å². The van der Waals surface area contributed by atoms with E-state index in [-0.39, 0.29) is 11.5 Å². The molecule has 0 bridgehead atoms. The first kappa shape index (κ1) is 52.7. The Morgan fingerprint density at radius 1 is 0.564 bits per heavy atom. The van der Waals surface area contributed by atoms with E-state index in [1.54, 1.807) is 0 Å². The van der Waals surface area contributed by atoms with Crippen LogP contribution in [0.5, 0.6) is 0 Å². The Morgan fingerprint density at radius 3 is 1.38 bits per heavy atom. The van der Waals surface area contributed by atoms with Gasteiger partial charge in [0.05, 0.1) is 36.9 Å². The minimum atomic E-state index is -1.29. The second kappa shape index (κ2) is 34.9. The Balaban J connectivity index is 0.00000110. The summed E-state index contributed by atoms with van der Waals surface area (Å²) in [7, 11) is 0. The standard InChI is InChI=1S/C25H40O5S.C18H34O5S/c1-3-4-5-6-7-8-9-10-11-12-13-20-15-14-19(2)23(16-20)31-18-22(26)21(25(29)30)17-24(27)28;1-2-3-4-5-6-7-8-9-10-11-12-24-14-16(19)15(18(22)23)13-17(20)21/h14-16,21-22,26H,3-13,17-18H2,1-2H3,(H,27,28)(H,29,30);15-16,19H,2-14H2,1H3,(H,20,21)(H,22,23). The van der Waals surface area contributed by atoms with E-state index in [1.807, 2.05) is 6.92 Å². The normalized spacial score (nSPS) is 13.3. The number of hydrogen-bond acceptors (Lipinski definition) is 8. The van der Waals surface area contributed by atoms with E-state index in [1.165, 1.54) is 138 Å². The molecule has 4 unspecified atom stereocenters. The monoisotopic (exact) mass is 814 g/mol. The van der Waals surface area contributed by atoms with E-state index in [9.17, 15) is 34.5 Å². The van der Waals surface area contributed by atoms with Crippen LogP contribution in [0.3, 0.4) is 0 Å². The van der Waals surface area contributed by atoms with Crippen molar-refractivity contribution in [3.63, 3.8) is 0 Å². The smallest absolute Gasteiger partial charge is 0.309 e. The summed E-state index contributed by atoms with van der Waals surface area (Å²) >= 11 is 2.90. The second-order valence-electron chi connectivity index (χ2n) is 14.8. The van der Waals surface area contributed by atoms with Gasteiger partial charge in [0.15, 0.2) is 0 Å². The molecular weight excluding hydrogens is 741 g/mol. The zero-order chi connectivity index (χ0) is 41.3. The highest BCUT2D eigenvalue weighted by Gasteiger charge is 2.30. The molecule has 0 radical (unpaired) electrons. The van der Waals surface area contributed by atoms with Crippen LogP contribution in [-0.2, 0) is 25.6 Å². The molecule has 1 aromatic carbocycles. The third kappa shape index (κ3) is 29.6. The first-order valence-electron chi connectivity index (χ1n) is 20.9. The average molecular weight is 815 g/mol. The maximum absolute atomic E-state index is 11.2. The van der Waals surface area contributed by atoms with Gasteiger partial charge in [0.2, 0.25) is 0 Å². The summed E-state index contributed by atoms with van der Waals surface area (Å²) in [5, 5.41) is 55.7. The molecule has 1 rings (SSSR count). The van der Waals surface area contributed by atoms with Gasteiger partial charge in [-0.25, -0.2) is 0 Å². The Labute approximate surface area is 340 Å². The molecule has 0 saturated heterocycles. The molecule has 0 aromatic heterocycles. The fourth-order valence-corrected chi connectivity index (χ4v) is 8.39. The average Bonchev–Trinajstić information content (AvgIpc) is 3.13. The van der Waals surface area contributed by atoms with Gasteiger partial charge in [-0.15, -0.1) is 11.8 Å². The third-order valence-electron chi connectivity index (χ3n) is 9.76. The summed E-state index contributed by atoms with van der Waals surface area (Å²) in [6.07, 6.45) is 23.4. The SMILES string of the molecule is CCCCCCCCCCCCSCC(O)C(CC(=O)O)C(=O)O.CCCCCCCCCCCCc1ccc(C)c(SCC(O)C(CC(=O)O)C(=O)O)c1. The summed E-state index contributed by atoms with van der Waals surface area (Å²) < 4.78 is 0. The molecule has 0 fully saturated rings. The van der Waals surface area contributed by atoms with Crippen molar-refractivity contribution in [2.45, 2.75) is 186 Å². The van der Waals surface area contributed by atoms with Gasteiger partial charge in [-0.1, -0.05) is 142 Å². The molecule has 0 spiro atoms. The maximum Gasteiger partial charge on any atom is 0.309 e. The van der Waals surface area contributed by atoms with E-state index in [0.717, 1.165) is 41.9 Å². The summed E-state index contributed by atoms with van der Waals surface area (Å²) in [4.78, 5) is 44.7. The number of thioether (sulfide) groups is 2. The number of carbonyl (C=O) groups is 4. The Morgan fingerprint density at radius 2 is 0.964 bits per heavy atom. The second-order valence-corrected chi connectivity index (χ2v) is 17.0. The number of benzene rings is 1.